The van der Waals surface area contributed by atoms with Crippen molar-refractivity contribution >= 4 is 0 Å². The number of hydrogen-bond donors (Lipinski definition) is 1. The van der Waals surface area contributed by atoms with Crippen molar-refractivity contribution in [2.45, 2.75) is 25.7 Å². The van der Waals surface area contributed by atoms with Crippen molar-refractivity contribution in [1.29, 1.82) is 0 Å². The number of benzene rings is 1. The van der Waals surface area contributed by atoms with E-state index in [2.05, 4.69) is 11.9 Å². The molecule has 2 heteroatoms. The first-order valence-electron chi connectivity index (χ1n) is 6.21. The summed E-state index contributed by atoms with van der Waals surface area (Å²) in [6, 6.07) is 7.74. The van der Waals surface area contributed by atoms with Crippen LogP contribution in [-0.2, 0) is 6.42 Å². The largest absolute Gasteiger partial charge is 0.508 e. The lowest BCUT2D eigenvalue weighted by Crippen LogP contribution is -2.19. The van der Waals surface area contributed by atoms with Gasteiger partial charge in [-0.05, 0) is 63.4 Å². The van der Waals surface area contributed by atoms with Gasteiger partial charge in [0.1, 0.15) is 5.75 Å². The Balaban J connectivity index is 1.96. The molecule has 1 aromatic carbocycles. The van der Waals surface area contributed by atoms with E-state index in [0.717, 1.165) is 17.9 Å². The maximum absolute atomic E-state index is 9.75. The van der Waals surface area contributed by atoms with Crippen molar-refractivity contribution < 1.29 is 5.11 Å². The summed E-state index contributed by atoms with van der Waals surface area (Å²) < 4.78 is 0. The number of likely N-dealkylation sites (tertiary alicyclic amines) is 1. The lowest BCUT2D eigenvalue weighted by atomic mass is 9.92. The van der Waals surface area contributed by atoms with Crippen molar-refractivity contribution in [3.05, 3.63) is 29.8 Å². The third-order valence-corrected chi connectivity index (χ3v) is 3.57. The molecule has 2 nitrogen and oxygen atoms in total. The molecule has 1 aliphatic heterocycles. The summed E-state index contributed by atoms with van der Waals surface area (Å²) in [5.41, 5.74) is 1.11. The fourth-order valence-electron chi connectivity index (χ4n) is 2.51. The Morgan fingerprint density at radius 2 is 2.06 bits per heavy atom. The Hall–Kier alpha value is -1.02. The summed E-state index contributed by atoms with van der Waals surface area (Å²) in [6.07, 6.45) is 4.86. The minimum atomic E-state index is 0.458. The average Bonchev–Trinajstić information content (AvgIpc) is 2.47. The second kappa shape index (κ2) is 5.35. The van der Waals surface area contributed by atoms with Gasteiger partial charge in [-0.15, -0.1) is 0 Å². The Morgan fingerprint density at radius 1 is 1.25 bits per heavy atom. The first kappa shape index (κ1) is 11.5. The second-order valence-corrected chi connectivity index (χ2v) is 4.93. The van der Waals surface area contributed by atoms with E-state index in [0.29, 0.717) is 5.75 Å². The molecular weight excluding hydrogens is 198 g/mol. The predicted molar refractivity (Wildman–Crippen MR) is 66.6 cm³/mol. The molecule has 1 aromatic rings. The quantitative estimate of drug-likeness (QED) is 0.826. The van der Waals surface area contributed by atoms with Gasteiger partial charge in [0.05, 0.1) is 0 Å². The van der Waals surface area contributed by atoms with Crippen LogP contribution >= 0.6 is 0 Å². The van der Waals surface area contributed by atoms with Crippen LogP contribution in [0.2, 0.25) is 0 Å². The molecule has 0 saturated carbocycles. The molecule has 0 bridgehead atoms. The maximum Gasteiger partial charge on any atom is 0.118 e. The highest BCUT2D eigenvalue weighted by molar-refractivity contribution is 5.32. The van der Waals surface area contributed by atoms with E-state index in [4.69, 9.17) is 0 Å². The molecule has 0 aromatic heterocycles. The van der Waals surface area contributed by atoms with Crippen LogP contribution in [0.5, 0.6) is 5.75 Å². The van der Waals surface area contributed by atoms with Gasteiger partial charge in [-0.25, -0.2) is 0 Å². The van der Waals surface area contributed by atoms with Crippen LogP contribution in [0.1, 0.15) is 24.8 Å². The average molecular weight is 219 g/mol. The lowest BCUT2D eigenvalue weighted by Gasteiger charge is -2.15. The van der Waals surface area contributed by atoms with Gasteiger partial charge in [-0.2, -0.15) is 0 Å². The molecule has 1 unspecified atom stereocenters. The SMILES string of the molecule is CN1CCCC(Cc2ccccc2O)CC1. The number of phenolic OH excluding ortho intramolecular Hbond substituents is 1. The number of nitrogens with zero attached hydrogens (tertiary/aromatic N) is 1. The number of hydrogen-bond acceptors (Lipinski definition) is 2. The molecule has 2 rings (SSSR count). The minimum absolute atomic E-state index is 0.458. The molecule has 0 spiro atoms. The number of phenols is 1. The van der Waals surface area contributed by atoms with E-state index in [1.807, 2.05) is 18.2 Å². The van der Waals surface area contributed by atoms with Crippen LogP contribution in [0.25, 0.3) is 0 Å². The van der Waals surface area contributed by atoms with E-state index < -0.39 is 0 Å². The van der Waals surface area contributed by atoms with Crippen LogP contribution in [0.3, 0.4) is 0 Å². The second-order valence-electron chi connectivity index (χ2n) is 4.93. The topological polar surface area (TPSA) is 23.5 Å². The summed E-state index contributed by atoms with van der Waals surface area (Å²) >= 11 is 0. The summed E-state index contributed by atoms with van der Waals surface area (Å²) in [4.78, 5) is 2.41. The van der Waals surface area contributed by atoms with Crippen LogP contribution in [0, 0.1) is 5.92 Å². The molecule has 0 amide bonds. The van der Waals surface area contributed by atoms with Crippen molar-refractivity contribution in [2.75, 3.05) is 20.1 Å². The van der Waals surface area contributed by atoms with Gasteiger partial charge >= 0.3 is 0 Å². The van der Waals surface area contributed by atoms with E-state index >= 15 is 0 Å². The summed E-state index contributed by atoms with van der Waals surface area (Å²) in [5, 5.41) is 9.75. The van der Waals surface area contributed by atoms with Crippen LogP contribution < -0.4 is 0 Å². The molecule has 88 valence electrons. The monoisotopic (exact) mass is 219 g/mol. The molecule has 1 saturated heterocycles. The Kier molecular flexibility index (Phi) is 3.83. The first-order valence-corrected chi connectivity index (χ1v) is 6.21. The zero-order valence-electron chi connectivity index (χ0n) is 10.0. The van der Waals surface area contributed by atoms with Gasteiger partial charge in [0.15, 0.2) is 0 Å². The van der Waals surface area contributed by atoms with Crippen LogP contribution in [0.4, 0.5) is 0 Å². The third kappa shape index (κ3) is 2.99. The highest BCUT2D eigenvalue weighted by atomic mass is 16.3. The molecule has 1 fully saturated rings. The van der Waals surface area contributed by atoms with Crippen molar-refractivity contribution in [2.24, 2.45) is 5.92 Å². The van der Waals surface area contributed by atoms with Crippen LogP contribution in [-0.4, -0.2) is 30.1 Å². The minimum Gasteiger partial charge on any atom is -0.508 e. The standard InChI is InChI=1S/C14H21NO/c1-15-9-4-5-12(8-10-15)11-13-6-2-3-7-14(13)16/h2-3,6-7,12,16H,4-5,8-11H2,1H3. The molecular formula is C14H21NO. The number of aromatic hydroxyl groups is 1. The van der Waals surface area contributed by atoms with E-state index in [-0.39, 0.29) is 0 Å². The summed E-state index contributed by atoms with van der Waals surface area (Å²) in [5.74, 6) is 1.19. The van der Waals surface area contributed by atoms with Gasteiger partial charge in [0, 0.05) is 0 Å². The molecule has 0 aliphatic carbocycles. The van der Waals surface area contributed by atoms with Crippen molar-refractivity contribution in [1.82, 2.24) is 4.90 Å². The first-order chi connectivity index (χ1) is 7.75. The fraction of sp³-hybridized carbons (Fsp3) is 0.571. The highest BCUT2D eigenvalue weighted by Gasteiger charge is 2.16. The molecule has 16 heavy (non-hydrogen) atoms. The summed E-state index contributed by atoms with van der Waals surface area (Å²) in [6.45, 7) is 2.41. The van der Waals surface area contributed by atoms with Gasteiger partial charge in [0.2, 0.25) is 0 Å². The molecule has 0 radical (unpaired) electrons. The zero-order valence-corrected chi connectivity index (χ0v) is 10.0. The van der Waals surface area contributed by atoms with Crippen LogP contribution in [0.15, 0.2) is 24.3 Å². The van der Waals surface area contributed by atoms with Gasteiger partial charge in [-0.3, -0.25) is 0 Å². The Morgan fingerprint density at radius 3 is 2.88 bits per heavy atom. The van der Waals surface area contributed by atoms with E-state index in [1.165, 1.54) is 32.4 Å². The Bertz CT molecular complexity index is 337. The normalized spacial score (nSPS) is 22.9. The van der Waals surface area contributed by atoms with Crippen molar-refractivity contribution in [3.8, 4) is 5.75 Å². The van der Waals surface area contributed by atoms with Gasteiger partial charge < -0.3 is 10.0 Å². The number of para-hydroxylation sites is 1. The lowest BCUT2D eigenvalue weighted by molar-refractivity contribution is 0.341. The zero-order chi connectivity index (χ0) is 11.4. The van der Waals surface area contributed by atoms with Crippen molar-refractivity contribution in [3.63, 3.8) is 0 Å². The molecule has 1 atom stereocenters. The molecule has 1 aliphatic rings. The van der Waals surface area contributed by atoms with E-state index in [1.54, 1.807) is 6.07 Å². The maximum atomic E-state index is 9.75. The highest BCUT2D eigenvalue weighted by Crippen LogP contribution is 2.25. The van der Waals surface area contributed by atoms with Gasteiger partial charge in [-0.1, -0.05) is 18.2 Å². The number of rotatable bonds is 2. The Labute approximate surface area is 97.9 Å². The summed E-state index contributed by atoms with van der Waals surface area (Å²) in [7, 11) is 2.20. The predicted octanol–water partition coefficient (Wildman–Crippen LogP) is 2.67. The van der Waals surface area contributed by atoms with E-state index in [9.17, 15) is 5.11 Å². The molecule has 1 N–H and O–H groups in total. The van der Waals surface area contributed by atoms with Gasteiger partial charge in [0.25, 0.3) is 0 Å². The third-order valence-electron chi connectivity index (χ3n) is 3.57. The smallest absolute Gasteiger partial charge is 0.118 e. The molecule has 1 heterocycles. The fourth-order valence-corrected chi connectivity index (χ4v) is 2.51.